The molecule has 0 aliphatic heterocycles. The Morgan fingerprint density at radius 3 is 2.65 bits per heavy atom. The predicted octanol–water partition coefficient (Wildman–Crippen LogP) is 4.31. The van der Waals surface area contributed by atoms with Crippen LogP contribution in [0.1, 0.15) is 28.3 Å². The zero-order valence-electron chi connectivity index (χ0n) is 11.5. The van der Waals surface area contributed by atoms with Crippen molar-refractivity contribution in [3.63, 3.8) is 0 Å². The molecule has 1 aliphatic rings. The van der Waals surface area contributed by atoms with Gasteiger partial charge >= 0.3 is 0 Å². The summed E-state index contributed by atoms with van der Waals surface area (Å²) in [6, 6.07) is 13.9. The van der Waals surface area contributed by atoms with Crippen molar-refractivity contribution in [3.8, 4) is 0 Å². The molecule has 0 spiro atoms. The van der Waals surface area contributed by atoms with Crippen LogP contribution in [0.15, 0.2) is 47.2 Å². The molecule has 4 rings (SSSR count). The molecule has 1 aromatic heterocycles. The summed E-state index contributed by atoms with van der Waals surface area (Å²) in [5.74, 6) is 0. The van der Waals surface area contributed by atoms with Crippen molar-refractivity contribution in [3.05, 3.63) is 69.4 Å². The lowest BCUT2D eigenvalue weighted by molar-refractivity contribution is 0.699. The van der Waals surface area contributed by atoms with E-state index in [-0.39, 0.29) is 6.04 Å². The van der Waals surface area contributed by atoms with E-state index in [1.807, 2.05) is 7.05 Å². The molecular weight excluding hydrogens is 262 g/mol. The first kappa shape index (κ1) is 12.1. The molecule has 100 valence electrons. The maximum Gasteiger partial charge on any atom is 0.0588 e. The lowest BCUT2D eigenvalue weighted by atomic mass is 9.93. The van der Waals surface area contributed by atoms with E-state index in [1.165, 1.54) is 45.9 Å². The van der Waals surface area contributed by atoms with Crippen LogP contribution in [0.2, 0.25) is 0 Å². The Balaban J connectivity index is 1.97. The third kappa shape index (κ3) is 1.72. The SMILES string of the molecule is CNC(c1ccsc1)c1ccc2c3c(cccc13)CC2. The van der Waals surface area contributed by atoms with Crippen LogP contribution < -0.4 is 5.32 Å². The number of nitrogens with one attached hydrogen (secondary N) is 1. The highest BCUT2D eigenvalue weighted by molar-refractivity contribution is 7.08. The lowest BCUT2D eigenvalue weighted by Crippen LogP contribution is -2.17. The molecule has 0 radical (unpaired) electrons. The first-order chi connectivity index (χ1) is 9.88. The fourth-order valence-corrected chi connectivity index (χ4v) is 4.15. The Hall–Kier alpha value is -1.64. The summed E-state index contributed by atoms with van der Waals surface area (Å²) in [5, 5.41) is 10.8. The van der Waals surface area contributed by atoms with E-state index < -0.39 is 0 Å². The van der Waals surface area contributed by atoms with E-state index in [4.69, 9.17) is 0 Å². The lowest BCUT2D eigenvalue weighted by Gasteiger charge is -2.18. The van der Waals surface area contributed by atoms with Gasteiger partial charge in [-0.05, 0) is 69.7 Å². The van der Waals surface area contributed by atoms with Crippen molar-refractivity contribution in [1.82, 2.24) is 5.32 Å². The van der Waals surface area contributed by atoms with Crippen LogP contribution in [0.3, 0.4) is 0 Å². The molecule has 0 saturated heterocycles. The van der Waals surface area contributed by atoms with Crippen LogP contribution >= 0.6 is 11.3 Å². The van der Waals surface area contributed by atoms with Gasteiger partial charge in [-0.1, -0.05) is 30.3 Å². The summed E-state index contributed by atoms with van der Waals surface area (Å²) >= 11 is 1.76. The van der Waals surface area contributed by atoms with Gasteiger partial charge in [-0.3, -0.25) is 0 Å². The van der Waals surface area contributed by atoms with Crippen molar-refractivity contribution in [2.24, 2.45) is 0 Å². The first-order valence-corrected chi connectivity index (χ1v) is 8.05. The van der Waals surface area contributed by atoms with Crippen LogP contribution in [0.4, 0.5) is 0 Å². The van der Waals surface area contributed by atoms with Crippen LogP contribution in [-0.4, -0.2) is 7.05 Å². The van der Waals surface area contributed by atoms with Crippen molar-refractivity contribution in [2.75, 3.05) is 7.05 Å². The van der Waals surface area contributed by atoms with E-state index in [2.05, 4.69) is 52.5 Å². The Bertz CT molecular complexity index is 748. The molecule has 1 nitrogen and oxygen atoms in total. The highest BCUT2D eigenvalue weighted by Gasteiger charge is 2.20. The Morgan fingerprint density at radius 2 is 1.90 bits per heavy atom. The van der Waals surface area contributed by atoms with Gasteiger partial charge in [-0.15, -0.1) is 0 Å². The van der Waals surface area contributed by atoms with Gasteiger partial charge in [0.15, 0.2) is 0 Å². The second-order valence-corrected chi connectivity index (χ2v) is 6.21. The molecule has 3 aromatic rings. The number of thiophene rings is 1. The monoisotopic (exact) mass is 279 g/mol. The molecule has 1 unspecified atom stereocenters. The summed E-state index contributed by atoms with van der Waals surface area (Å²) in [4.78, 5) is 0. The fraction of sp³-hybridized carbons (Fsp3) is 0.222. The van der Waals surface area contributed by atoms with Crippen LogP contribution in [0.5, 0.6) is 0 Å². The molecule has 1 aliphatic carbocycles. The van der Waals surface area contributed by atoms with Crippen LogP contribution in [-0.2, 0) is 12.8 Å². The number of hydrogen-bond acceptors (Lipinski definition) is 2. The van der Waals surface area contributed by atoms with Gasteiger partial charge in [0.2, 0.25) is 0 Å². The summed E-state index contributed by atoms with van der Waals surface area (Å²) in [6.45, 7) is 0. The van der Waals surface area contributed by atoms with Gasteiger partial charge in [0, 0.05) is 0 Å². The van der Waals surface area contributed by atoms with E-state index in [9.17, 15) is 0 Å². The maximum absolute atomic E-state index is 3.48. The van der Waals surface area contributed by atoms with Crippen molar-refractivity contribution in [1.29, 1.82) is 0 Å². The third-order valence-electron chi connectivity index (χ3n) is 4.39. The minimum atomic E-state index is 0.283. The predicted molar refractivity (Wildman–Crippen MR) is 86.6 cm³/mol. The molecule has 1 N–H and O–H groups in total. The fourth-order valence-electron chi connectivity index (χ4n) is 3.46. The third-order valence-corrected chi connectivity index (χ3v) is 5.09. The molecule has 0 saturated carbocycles. The number of rotatable bonds is 3. The minimum absolute atomic E-state index is 0.283. The summed E-state index contributed by atoms with van der Waals surface area (Å²) in [7, 11) is 2.05. The van der Waals surface area contributed by atoms with Crippen LogP contribution in [0, 0.1) is 0 Å². The van der Waals surface area contributed by atoms with Crippen molar-refractivity contribution in [2.45, 2.75) is 18.9 Å². The summed E-state index contributed by atoms with van der Waals surface area (Å²) in [6.07, 6.45) is 2.39. The van der Waals surface area contributed by atoms with Gasteiger partial charge in [0.05, 0.1) is 6.04 Å². The summed E-state index contributed by atoms with van der Waals surface area (Å²) in [5.41, 5.74) is 5.78. The number of aryl methyl sites for hydroxylation is 2. The minimum Gasteiger partial charge on any atom is -0.309 e. The van der Waals surface area contributed by atoms with Crippen LogP contribution in [0.25, 0.3) is 10.8 Å². The first-order valence-electron chi connectivity index (χ1n) is 7.11. The Kier molecular flexibility index (Phi) is 2.86. The Morgan fingerprint density at radius 1 is 1.05 bits per heavy atom. The Labute approximate surface area is 123 Å². The standard InChI is InChI=1S/C18H17NS/c1-19-18(14-9-10-20-11-14)16-8-7-13-6-5-12-3-2-4-15(16)17(12)13/h2-4,7-11,18-19H,5-6H2,1H3. The molecule has 1 atom stereocenters. The van der Waals surface area contributed by atoms with E-state index in [0.717, 1.165) is 0 Å². The van der Waals surface area contributed by atoms with E-state index >= 15 is 0 Å². The molecule has 1 heterocycles. The largest absolute Gasteiger partial charge is 0.309 e. The smallest absolute Gasteiger partial charge is 0.0588 e. The zero-order chi connectivity index (χ0) is 13.5. The molecule has 0 bridgehead atoms. The van der Waals surface area contributed by atoms with Gasteiger partial charge < -0.3 is 5.32 Å². The van der Waals surface area contributed by atoms with E-state index in [0.29, 0.717) is 0 Å². The number of benzene rings is 2. The topological polar surface area (TPSA) is 12.0 Å². The molecule has 2 heteroatoms. The van der Waals surface area contributed by atoms with Crippen molar-refractivity contribution < 1.29 is 0 Å². The zero-order valence-corrected chi connectivity index (χ0v) is 12.3. The van der Waals surface area contributed by atoms with Crippen molar-refractivity contribution >= 4 is 22.1 Å². The van der Waals surface area contributed by atoms with Gasteiger partial charge in [0.25, 0.3) is 0 Å². The molecular formula is C18H17NS. The van der Waals surface area contributed by atoms with Gasteiger partial charge in [0.1, 0.15) is 0 Å². The molecule has 2 aromatic carbocycles. The highest BCUT2D eigenvalue weighted by Crippen LogP contribution is 2.36. The van der Waals surface area contributed by atoms with Gasteiger partial charge in [-0.2, -0.15) is 11.3 Å². The average molecular weight is 279 g/mol. The molecule has 20 heavy (non-hydrogen) atoms. The molecule has 0 amide bonds. The number of hydrogen-bond donors (Lipinski definition) is 1. The second kappa shape index (κ2) is 4.72. The average Bonchev–Trinajstić information content (AvgIpc) is 3.13. The van der Waals surface area contributed by atoms with Gasteiger partial charge in [-0.25, -0.2) is 0 Å². The maximum atomic E-state index is 3.48. The normalized spacial score (nSPS) is 14.8. The quantitative estimate of drug-likeness (QED) is 0.753. The molecule has 0 fully saturated rings. The van der Waals surface area contributed by atoms with E-state index in [1.54, 1.807) is 11.3 Å². The second-order valence-electron chi connectivity index (χ2n) is 5.43. The summed E-state index contributed by atoms with van der Waals surface area (Å²) < 4.78 is 0. The highest BCUT2D eigenvalue weighted by atomic mass is 32.1.